The van der Waals surface area contributed by atoms with Crippen molar-refractivity contribution in [1.29, 1.82) is 0 Å². The average Bonchev–Trinajstić information content (AvgIpc) is 3.43. The zero-order chi connectivity index (χ0) is 70.5. The highest BCUT2D eigenvalue weighted by molar-refractivity contribution is 9.09. The van der Waals surface area contributed by atoms with E-state index in [0.29, 0.717) is 44.8 Å². The third-order valence-electron chi connectivity index (χ3n) is 10.8. The van der Waals surface area contributed by atoms with Gasteiger partial charge in [-0.25, -0.2) is 24.0 Å². The average molecular weight is 1360 g/mol. The summed E-state index contributed by atoms with van der Waals surface area (Å²) in [4.78, 5) is 121. The smallest absolute Gasteiger partial charge is 0.343 e. The van der Waals surface area contributed by atoms with E-state index in [0.717, 1.165) is 11.8 Å². The summed E-state index contributed by atoms with van der Waals surface area (Å²) >= 11 is 3.27. The van der Waals surface area contributed by atoms with Gasteiger partial charge < -0.3 is 103 Å². The van der Waals surface area contributed by atoms with E-state index in [1.165, 1.54) is 69.5 Å². The summed E-state index contributed by atoms with van der Waals surface area (Å²) in [7, 11) is 15.2. The topological polar surface area (TPSA) is 440 Å². The highest BCUT2D eigenvalue weighted by Crippen LogP contribution is 2.21. The molecule has 0 aliphatic heterocycles. The third kappa shape index (κ3) is 54.8. The molecule has 0 spiro atoms. The Labute approximate surface area is 532 Å². The van der Waals surface area contributed by atoms with Gasteiger partial charge in [-0.2, -0.15) is 0 Å². The van der Waals surface area contributed by atoms with Gasteiger partial charge in [0.05, 0.1) is 32.3 Å². The quantitative estimate of drug-likeness (QED) is 0.00881. The van der Waals surface area contributed by atoms with E-state index in [2.05, 4.69) is 47.9 Å². The molecule has 0 aromatic heterocycles. The highest BCUT2D eigenvalue weighted by atomic mass is 79.9. The number of amides is 3. The van der Waals surface area contributed by atoms with Crippen LogP contribution in [0.1, 0.15) is 120 Å². The van der Waals surface area contributed by atoms with E-state index in [1.54, 1.807) is 56.1 Å². The number of allylic oxidation sites excluding steroid dienone is 1. The molecule has 3 amide bonds. The molecule has 0 saturated carbocycles. The molecule has 3 atom stereocenters. The van der Waals surface area contributed by atoms with E-state index in [1.807, 2.05) is 6.92 Å². The number of carboxylic acids is 3. The molecular formula is C56H105BrN4O28. The second-order valence-corrected chi connectivity index (χ2v) is 18.1. The maximum absolute atomic E-state index is 12.3. The maximum Gasteiger partial charge on any atom is 0.343 e. The van der Waals surface area contributed by atoms with Crippen LogP contribution in [-0.4, -0.2) is 239 Å². The molecule has 0 fully saturated rings. The number of carbonyl (C=O) groups excluding carboxylic acids is 8. The summed E-state index contributed by atoms with van der Waals surface area (Å²) in [5, 5.41) is 33.7. The number of methoxy groups -OCH3 is 10. The Hall–Kier alpha value is -5.85. The number of carbonyl (C=O) groups is 11. The monoisotopic (exact) mass is 1360 g/mol. The molecule has 0 aliphatic carbocycles. The normalized spacial score (nSPS) is 11.4. The standard InChI is InChI=1S/C14H25NO7.C9H17NO5.C9H15NO5.C9H18O4.C7H15NO4.C5H11BrO2.C3H4O/c1-6-21-12(17)14(15-10(3)16,13(18)22-7-2)9-8-11(19-4)20-5;1-6(11)10-7(9(12)13)4-5-8(14-2)15-3;1-4-14-8(12)7(10-6(3)11)9(13)15-5-2;1-4-7(9(10)11)5-6-8(12-2)13-3;1-11-6(12-2)4-3-5(8)7(9)10;1-7-5(8-2)3-4-6;1-2-3-4/h11H,6-9H2,1-5H3,(H,15,16);7-8H,4-5H2,1-3H3,(H,10,11)(H,12,13);7H,4-5H2,1-3H3,(H,10,11);7-8H,4-6H2,1-3H3,(H,10,11);5-6H,3-4,8H2,1-2H3,(H,9,10);5H,3-4H2,1-2H3;2-3H,1H2. The number of halogens is 1. The largest absolute Gasteiger partial charge is 0.481 e. The lowest BCUT2D eigenvalue weighted by Crippen LogP contribution is -2.61. The summed E-state index contributed by atoms with van der Waals surface area (Å²) in [6.07, 6.45) is 4.45. The van der Waals surface area contributed by atoms with E-state index in [-0.39, 0.29) is 76.4 Å². The number of nitrogens with one attached hydrogen (secondary N) is 3. The minimum absolute atomic E-state index is 0.0469. The van der Waals surface area contributed by atoms with Gasteiger partial charge in [0, 0.05) is 123 Å². The number of carboxylic acid groups (broad SMARTS) is 3. The lowest BCUT2D eigenvalue weighted by Gasteiger charge is -2.30. The molecule has 89 heavy (non-hydrogen) atoms. The van der Waals surface area contributed by atoms with Crippen LogP contribution in [0.2, 0.25) is 0 Å². The first-order valence-corrected chi connectivity index (χ1v) is 28.9. The number of rotatable bonds is 40. The van der Waals surface area contributed by atoms with Gasteiger partial charge in [0.1, 0.15) is 18.4 Å². The summed E-state index contributed by atoms with van der Waals surface area (Å²) in [5.41, 5.74) is 3.35. The predicted molar refractivity (Wildman–Crippen MR) is 324 cm³/mol. The van der Waals surface area contributed by atoms with Crippen LogP contribution in [0.4, 0.5) is 0 Å². The number of esters is 4. The minimum Gasteiger partial charge on any atom is -0.481 e. The number of alkyl halides is 1. The number of ether oxygens (including phenoxy) is 14. The number of nitrogens with two attached hydrogens (primary N) is 1. The maximum atomic E-state index is 12.3. The van der Waals surface area contributed by atoms with Crippen LogP contribution in [0.5, 0.6) is 0 Å². The molecule has 0 aromatic rings. The molecule has 8 N–H and O–H groups in total. The van der Waals surface area contributed by atoms with Crippen LogP contribution in [0.15, 0.2) is 12.7 Å². The molecule has 3 unspecified atom stereocenters. The first-order chi connectivity index (χ1) is 41.9. The number of hydrogen-bond donors (Lipinski definition) is 7. The fraction of sp³-hybridized carbons (Fsp3) is 0.768. The van der Waals surface area contributed by atoms with E-state index in [4.69, 9.17) is 82.7 Å². The fourth-order valence-corrected chi connectivity index (χ4v) is 6.67. The van der Waals surface area contributed by atoms with Crippen LogP contribution < -0.4 is 21.7 Å². The van der Waals surface area contributed by atoms with Gasteiger partial charge in [0.2, 0.25) is 29.3 Å². The SMILES string of the molecule is C=CC=O.CCC(CCC(OC)OC)C(=O)O.CCOC(=O)C(CCC(OC)OC)(NC(C)=O)C(=O)OCC.CCOC(=O)C(NC(C)=O)C(=O)OCC.COC(CCBr)OC.COC(CCC(N)C(=O)O)OC.COC(CCC(NC(C)=O)C(=O)O)OC. The van der Waals surface area contributed by atoms with Crippen LogP contribution in [0, 0.1) is 5.92 Å². The Morgan fingerprint density at radius 2 is 0.820 bits per heavy atom. The molecule has 0 aliphatic rings. The first kappa shape index (κ1) is 96.8. The van der Waals surface area contributed by atoms with E-state index < -0.39 is 89.8 Å². The predicted octanol–water partition coefficient (Wildman–Crippen LogP) is 3.03. The summed E-state index contributed by atoms with van der Waals surface area (Å²) in [6, 6.07) is -3.10. The lowest BCUT2D eigenvalue weighted by molar-refractivity contribution is -0.170. The van der Waals surface area contributed by atoms with Crippen molar-refractivity contribution in [2.24, 2.45) is 11.7 Å². The Kier molecular flexibility index (Phi) is 70.8. The minimum atomic E-state index is -1.91. The Bertz CT molecular complexity index is 1840. The van der Waals surface area contributed by atoms with Gasteiger partial charge in [0.25, 0.3) is 0 Å². The van der Waals surface area contributed by atoms with Crippen molar-refractivity contribution < 1.29 is 134 Å². The summed E-state index contributed by atoms with van der Waals surface area (Å²) in [5.74, 6) is -7.86. The first-order valence-electron chi connectivity index (χ1n) is 27.8. The molecular weight excluding hydrogens is 1260 g/mol. The van der Waals surface area contributed by atoms with Crippen molar-refractivity contribution in [2.45, 2.75) is 175 Å². The molecule has 0 rings (SSSR count). The van der Waals surface area contributed by atoms with Crippen LogP contribution in [0.25, 0.3) is 0 Å². The van der Waals surface area contributed by atoms with Gasteiger partial charge in [-0.1, -0.05) is 29.4 Å². The third-order valence-corrected chi connectivity index (χ3v) is 11.3. The number of aldehydes is 1. The number of aliphatic carboxylic acids is 3. The van der Waals surface area contributed by atoms with E-state index in [9.17, 15) is 47.9 Å². The molecule has 0 bridgehead atoms. The second-order valence-electron chi connectivity index (χ2n) is 17.3. The molecule has 524 valence electrons. The van der Waals surface area contributed by atoms with Crippen molar-refractivity contribution >= 4 is 81.7 Å². The second kappa shape index (κ2) is 65.1. The van der Waals surface area contributed by atoms with Gasteiger partial charge in [-0.3, -0.25) is 28.8 Å². The van der Waals surface area contributed by atoms with Crippen molar-refractivity contribution in [1.82, 2.24) is 16.0 Å². The molecule has 33 heteroatoms. The zero-order valence-electron chi connectivity index (χ0n) is 55.2. The van der Waals surface area contributed by atoms with Crippen LogP contribution in [-0.2, 0) is 119 Å². The zero-order valence-corrected chi connectivity index (χ0v) is 56.8. The van der Waals surface area contributed by atoms with Crippen molar-refractivity contribution in [3.63, 3.8) is 0 Å². The number of hydrogen-bond acceptors (Lipinski definition) is 26. The molecule has 0 saturated heterocycles. The van der Waals surface area contributed by atoms with Gasteiger partial charge in [0.15, 0.2) is 31.5 Å². The van der Waals surface area contributed by atoms with Gasteiger partial charge in [-0.05, 0) is 72.3 Å². The summed E-state index contributed by atoms with van der Waals surface area (Å²) in [6.45, 7) is 15.5. The van der Waals surface area contributed by atoms with E-state index >= 15 is 0 Å². The molecule has 0 aromatic carbocycles. The van der Waals surface area contributed by atoms with Crippen molar-refractivity contribution in [2.75, 3.05) is 103 Å². The Morgan fingerprint density at radius 3 is 1.08 bits per heavy atom. The highest BCUT2D eigenvalue weighted by Gasteiger charge is 2.50. The van der Waals surface area contributed by atoms with Crippen LogP contribution >= 0.6 is 15.9 Å². The van der Waals surface area contributed by atoms with Crippen LogP contribution in [0.3, 0.4) is 0 Å². The fourth-order valence-electron chi connectivity index (χ4n) is 6.30. The van der Waals surface area contributed by atoms with Crippen molar-refractivity contribution in [3.8, 4) is 0 Å². The Balaban J connectivity index is -0.000000183. The Morgan fingerprint density at radius 1 is 0.483 bits per heavy atom. The molecule has 0 radical (unpaired) electrons. The summed E-state index contributed by atoms with van der Waals surface area (Å²) < 4.78 is 68.4. The molecule has 32 nitrogen and oxygen atoms in total. The van der Waals surface area contributed by atoms with Crippen molar-refractivity contribution in [3.05, 3.63) is 12.7 Å². The van der Waals surface area contributed by atoms with Gasteiger partial charge >= 0.3 is 41.8 Å². The molecule has 0 heterocycles. The lowest BCUT2D eigenvalue weighted by atomic mass is 9.92. The van der Waals surface area contributed by atoms with Gasteiger partial charge in [-0.15, -0.1) is 0 Å².